The molecule has 4 nitrogen and oxygen atoms in total. The normalized spacial score (nSPS) is 21.2. The summed E-state index contributed by atoms with van der Waals surface area (Å²) >= 11 is 5.83. The van der Waals surface area contributed by atoms with Crippen LogP contribution in [0.4, 0.5) is 0 Å². The highest BCUT2D eigenvalue weighted by atomic mass is 35.5. The topological polar surface area (TPSA) is 50.9 Å². The fraction of sp³-hybridized carbons (Fsp3) is 0.500. The summed E-state index contributed by atoms with van der Waals surface area (Å²) in [4.78, 5) is 3.67. The average Bonchev–Trinajstić information content (AvgIpc) is 3.08. The lowest BCUT2D eigenvalue weighted by atomic mass is 9.73. The molecule has 2 aromatic rings. The summed E-state index contributed by atoms with van der Waals surface area (Å²) in [5.41, 5.74) is -4.34. The van der Waals surface area contributed by atoms with Crippen molar-refractivity contribution in [3.8, 4) is 0 Å². The molecule has 0 fully saturated rings. The van der Waals surface area contributed by atoms with Crippen LogP contribution in [0.3, 0.4) is 0 Å². The Kier molecular flexibility index (Phi) is 2.81. The smallest absolute Gasteiger partial charge is 0.137 e. The number of benzene rings is 1. The lowest BCUT2D eigenvalue weighted by Crippen LogP contribution is -2.47. The number of hydrogen-bond acceptors (Lipinski definition) is 3. The van der Waals surface area contributed by atoms with Crippen LogP contribution in [0.25, 0.3) is 0 Å². The summed E-state index contributed by atoms with van der Waals surface area (Å²) in [6.45, 7) is 1.51. The van der Waals surface area contributed by atoms with Crippen molar-refractivity contribution in [2.45, 2.75) is 45.6 Å². The van der Waals surface area contributed by atoms with E-state index in [1.807, 2.05) is 0 Å². The highest BCUT2D eigenvalue weighted by Gasteiger charge is 2.40. The Hall–Kier alpha value is -1.39. The van der Waals surface area contributed by atoms with E-state index in [2.05, 4.69) is 10.1 Å². The van der Waals surface area contributed by atoms with Gasteiger partial charge in [-0.25, -0.2) is 4.98 Å². The summed E-state index contributed by atoms with van der Waals surface area (Å²) in [6, 6.07) is 5.45. The summed E-state index contributed by atoms with van der Waals surface area (Å²) in [5, 5.41) is 15.6. The maximum Gasteiger partial charge on any atom is 0.137 e. The van der Waals surface area contributed by atoms with Gasteiger partial charge in [0, 0.05) is 10.5 Å². The minimum atomic E-state index is -3.08. The molecule has 2 rings (SSSR count). The maximum absolute atomic E-state index is 11.5. The summed E-state index contributed by atoms with van der Waals surface area (Å²) in [5.74, 6) is 0. The van der Waals surface area contributed by atoms with Gasteiger partial charge < -0.3 is 5.11 Å². The first-order valence-corrected chi connectivity index (χ1v) is 6.82. The monoisotopic (exact) mass is 313 g/mol. The Morgan fingerprint density at radius 1 is 1.29 bits per heavy atom. The SMILES string of the molecule is [2H]C([2H])(c1ccc(Cl)cc1)C([2H])([2H])C(O)(C(C)(C)C)C([2H])([2H])n1cncn1. The van der Waals surface area contributed by atoms with Gasteiger partial charge in [0.25, 0.3) is 0 Å². The Morgan fingerprint density at radius 3 is 2.48 bits per heavy atom. The summed E-state index contributed by atoms with van der Waals surface area (Å²) in [6.07, 6.45) is -3.76. The molecule has 0 aliphatic carbocycles. The molecule has 0 aliphatic rings. The van der Waals surface area contributed by atoms with Gasteiger partial charge in [-0.05, 0) is 35.9 Å². The Bertz CT molecular complexity index is 789. The molecule has 1 heterocycles. The van der Waals surface area contributed by atoms with Crippen LogP contribution in [-0.4, -0.2) is 25.5 Å². The molecule has 0 bridgehead atoms. The molecule has 0 spiro atoms. The molecule has 1 N–H and O–H groups in total. The number of hydrogen-bond donors (Lipinski definition) is 1. The van der Waals surface area contributed by atoms with E-state index in [9.17, 15) is 5.11 Å². The van der Waals surface area contributed by atoms with Crippen LogP contribution in [0.5, 0.6) is 0 Å². The van der Waals surface area contributed by atoms with Crippen molar-refractivity contribution in [1.82, 2.24) is 14.8 Å². The van der Waals surface area contributed by atoms with Gasteiger partial charge in [0.05, 0.1) is 14.8 Å². The standard InChI is InChI=1S/C16H22ClN3O/c1-15(2,3)16(21,10-20-12-18-11-19-20)9-8-13-4-6-14(17)7-5-13/h4-7,11-12,21H,8-10H2,1-3H3/i8D2,9D2,10D2. The van der Waals surface area contributed by atoms with Gasteiger partial charge >= 0.3 is 0 Å². The van der Waals surface area contributed by atoms with E-state index in [4.69, 9.17) is 19.8 Å². The Balaban J connectivity index is 2.73. The van der Waals surface area contributed by atoms with Crippen LogP contribution in [-0.2, 0) is 12.9 Å². The number of aromatic nitrogens is 3. The molecule has 1 atom stereocenters. The van der Waals surface area contributed by atoms with Gasteiger partial charge in [-0.15, -0.1) is 0 Å². The second kappa shape index (κ2) is 6.16. The van der Waals surface area contributed by atoms with E-state index in [0.29, 0.717) is 9.70 Å². The van der Waals surface area contributed by atoms with Crippen molar-refractivity contribution in [3.63, 3.8) is 0 Å². The zero-order valence-corrected chi connectivity index (χ0v) is 12.9. The molecule has 0 saturated heterocycles. The third-order valence-electron chi connectivity index (χ3n) is 3.01. The quantitative estimate of drug-likeness (QED) is 0.921. The molecule has 0 aliphatic heterocycles. The maximum atomic E-state index is 11.5. The van der Waals surface area contributed by atoms with E-state index in [1.165, 1.54) is 45.0 Å². The van der Waals surface area contributed by atoms with Crippen LogP contribution in [0, 0.1) is 5.41 Å². The second-order valence-electron chi connectivity index (χ2n) is 5.67. The van der Waals surface area contributed by atoms with Crippen molar-refractivity contribution in [3.05, 3.63) is 47.5 Å². The molecule has 21 heavy (non-hydrogen) atoms. The summed E-state index contributed by atoms with van der Waals surface area (Å²) < 4.78 is 51.8. The Labute approximate surface area is 139 Å². The fourth-order valence-electron chi connectivity index (χ4n) is 1.51. The van der Waals surface area contributed by atoms with E-state index in [1.54, 1.807) is 0 Å². The predicted octanol–water partition coefficient (Wildman–Crippen LogP) is 3.34. The highest BCUT2D eigenvalue weighted by Crippen LogP contribution is 2.35. The van der Waals surface area contributed by atoms with E-state index in [-0.39, 0.29) is 5.56 Å². The molecule has 0 amide bonds. The predicted molar refractivity (Wildman–Crippen MR) is 84.2 cm³/mol. The van der Waals surface area contributed by atoms with Crippen molar-refractivity contribution >= 4 is 11.6 Å². The molecule has 1 unspecified atom stereocenters. The molecule has 0 radical (unpaired) electrons. The first kappa shape index (κ1) is 9.59. The summed E-state index contributed by atoms with van der Waals surface area (Å²) in [7, 11) is 0. The average molecular weight is 314 g/mol. The number of rotatable bonds is 5. The lowest BCUT2D eigenvalue weighted by Gasteiger charge is -2.40. The zero-order valence-electron chi connectivity index (χ0n) is 18.1. The van der Waals surface area contributed by atoms with Crippen molar-refractivity contribution in [2.75, 3.05) is 0 Å². The number of halogens is 1. The Morgan fingerprint density at radius 2 is 1.95 bits per heavy atom. The first-order valence-electron chi connectivity index (χ1n) is 9.44. The minimum Gasteiger partial charge on any atom is -0.387 e. The number of aliphatic hydroxyl groups is 1. The van der Waals surface area contributed by atoms with Crippen LogP contribution in [0.15, 0.2) is 36.9 Å². The fourth-order valence-corrected chi connectivity index (χ4v) is 1.64. The third kappa shape index (κ3) is 4.05. The third-order valence-corrected chi connectivity index (χ3v) is 3.26. The van der Waals surface area contributed by atoms with Gasteiger partial charge in [0.2, 0.25) is 0 Å². The van der Waals surface area contributed by atoms with E-state index < -0.39 is 30.3 Å². The number of aryl methyl sites for hydroxylation is 1. The van der Waals surface area contributed by atoms with Crippen molar-refractivity contribution in [2.24, 2.45) is 5.41 Å². The van der Waals surface area contributed by atoms with Gasteiger partial charge in [0.15, 0.2) is 0 Å². The van der Waals surface area contributed by atoms with E-state index >= 15 is 0 Å². The molecular formula is C16H22ClN3O. The molecule has 5 heteroatoms. The van der Waals surface area contributed by atoms with Crippen LogP contribution in [0.2, 0.25) is 5.02 Å². The van der Waals surface area contributed by atoms with Crippen LogP contribution >= 0.6 is 11.6 Å². The second-order valence-corrected chi connectivity index (χ2v) is 6.11. The van der Waals surface area contributed by atoms with E-state index in [0.717, 1.165) is 12.7 Å². The van der Waals surface area contributed by atoms with Gasteiger partial charge in [-0.3, -0.25) is 4.68 Å². The molecule has 114 valence electrons. The minimum absolute atomic E-state index is 0.0750. The van der Waals surface area contributed by atoms with Gasteiger partial charge in [-0.1, -0.05) is 44.5 Å². The van der Waals surface area contributed by atoms with Crippen molar-refractivity contribution < 1.29 is 13.3 Å². The highest BCUT2D eigenvalue weighted by molar-refractivity contribution is 6.30. The number of nitrogens with zero attached hydrogens (tertiary/aromatic N) is 3. The molecule has 0 saturated carbocycles. The lowest BCUT2D eigenvalue weighted by molar-refractivity contribution is -0.0796. The van der Waals surface area contributed by atoms with Gasteiger partial charge in [0.1, 0.15) is 12.7 Å². The largest absolute Gasteiger partial charge is 0.387 e. The molecule has 1 aromatic heterocycles. The van der Waals surface area contributed by atoms with Crippen LogP contribution in [0.1, 0.15) is 40.9 Å². The zero-order chi connectivity index (χ0) is 20.9. The van der Waals surface area contributed by atoms with Crippen LogP contribution < -0.4 is 0 Å². The molecular weight excluding hydrogens is 286 g/mol. The van der Waals surface area contributed by atoms with Gasteiger partial charge in [-0.2, -0.15) is 5.10 Å². The van der Waals surface area contributed by atoms with Crippen molar-refractivity contribution in [1.29, 1.82) is 0 Å². The molecule has 1 aromatic carbocycles. The first-order chi connectivity index (χ1) is 12.1.